The zero-order valence-corrected chi connectivity index (χ0v) is 10.1. The van der Waals surface area contributed by atoms with Crippen molar-refractivity contribution in [2.75, 3.05) is 0 Å². The van der Waals surface area contributed by atoms with Crippen LogP contribution >= 0.6 is 0 Å². The van der Waals surface area contributed by atoms with Gasteiger partial charge in [0.05, 0.1) is 0 Å². The third kappa shape index (κ3) is 3.82. The number of hydrogen-bond acceptors (Lipinski definition) is 2. The van der Waals surface area contributed by atoms with Crippen LogP contribution in [0.4, 0.5) is 0 Å². The van der Waals surface area contributed by atoms with Gasteiger partial charge >= 0.3 is 5.97 Å². The molecular formula is C12H24O3. The van der Waals surface area contributed by atoms with Crippen LogP contribution in [0.5, 0.6) is 0 Å². The van der Waals surface area contributed by atoms with E-state index in [1.54, 1.807) is 0 Å². The summed E-state index contributed by atoms with van der Waals surface area (Å²) in [5.41, 5.74) is -1.52. The van der Waals surface area contributed by atoms with E-state index in [4.69, 9.17) is 5.11 Å². The highest BCUT2D eigenvalue weighted by Crippen LogP contribution is 2.30. The molecule has 0 spiro atoms. The number of carboxylic acids is 1. The predicted octanol–water partition coefficient (Wildman–Crippen LogP) is 2.82. The van der Waals surface area contributed by atoms with E-state index < -0.39 is 11.6 Å². The van der Waals surface area contributed by atoms with Crippen LogP contribution in [0.15, 0.2) is 0 Å². The van der Waals surface area contributed by atoms with Gasteiger partial charge in [0.1, 0.15) is 0 Å². The molecule has 0 aromatic rings. The average molecular weight is 216 g/mol. The highest BCUT2D eigenvalue weighted by Gasteiger charge is 2.41. The van der Waals surface area contributed by atoms with Gasteiger partial charge in [-0.2, -0.15) is 0 Å². The van der Waals surface area contributed by atoms with Crippen LogP contribution in [-0.4, -0.2) is 21.8 Å². The molecule has 0 aromatic heterocycles. The molecule has 15 heavy (non-hydrogen) atoms. The van der Waals surface area contributed by atoms with Crippen molar-refractivity contribution in [3.8, 4) is 0 Å². The third-order valence-electron chi connectivity index (χ3n) is 3.08. The van der Waals surface area contributed by atoms with Crippen molar-refractivity contribution in [3.05, 3.63) is 0 Å². The number of aliphatic carboxylic acids is 1. The first-order valence-corrected chi connectivity index (χ1v) is 5.98. The fourth-order valence-electron chi connectivity index (χ4n) is 2.10. The molecule has 0 saturated heterocycles. The SMILES string of the molecule is CCCCC(CC)C(O)(CCC)C(=O)O. The van der Waals surface area contributed by atoms with Gasteiger partial charge in [0.15, 0.2) is 5.60 Å². The van der Waals surface area contributed by atoms with Gasteiger partial charge in [-0.3, -0.25) is 0 Å². The fourth-order valence-corrected chi connectivity index (χ4v) is 2.10. The number of carboxylic acid groups (broad SMARTS) is 1. The molecule has 0 saturated carbocycles. The summed E-state index contributed by atoms with van der Waals surface area (Å²) in [6.45, 7) is 5.93. The van der Waals surface area contributed by atoms with E-state index in [9.17, 15) is 9.90 Å². The molecule has 0 aliphatic rings. The number of aliphatic hydroxyl groups is 1. The van der Waals surface area contributed by atoms with E-state index in [0.29, 0.717) is 12.8 Å². The summed E-state index contributed by atoms with van der Waals surface area (Å²) < 4.78 is 0. The van der Waals surface area contributed by atoms with Gasteiger partial charge < -0.3 is 10.2 Å². The maximum atomic E-state index is 11.1. The van der Waals surface area contributed by atoms with Crippen molar-refractivity contribution in [2.24, 2.45) is 5.92 Å². The Kier molecular flexibility index (Phi) is 6.57. The van der Waals surface area contributed by atoms with Gasteiger partial charge in [0.25, 0.3) is 0 Å². The Labute approximate surface area is 92.5 Å². The second-order valence-electron chi connectivity index (χ2n) is 4.23. The molecule has 0 aliphatic heterocycles. The molecule has 90 valence electrons. The summed E-state index contributed by atoms with van der Waals surface area (Å²) in [6.07, 6.45) is 4.60. The van der Waals surface area contributed by atoms with E-state index in [1.165, 1.54) is 0 Å². The lowest BCUT2D eigenvalue weighted by Crippen LogP contribution is -2.45. The molecule has 0 rings (SSSR count). The molecule has 3 heteroatoms. The summed E-state index contributed by atoms with van der Waals surface area (Å²) in [7, 11) is 0. The molecule has 0 fully saturated rings. The van der Waals surface area contributed by atoms with Gasteiger partial charge in [0.2, 0.25) is 0 Å². The number of rotatable bonds is 8. The third-order valence-corrected chi connectivity index (χ3v) is 3.08. The van der Waals surface area contributed by atoms with Crippen molar-refractivity contribution in [2.45, 2.75) is 64.9 Å². The van der Waals surface area contributed by atoms with Gasteiger partial charge in [-0.15, -0.1) is 0 Å². The summed E-state index contributed by atoms with van der Waals surface area (Å²) in [6, 6.07) is 0. The second-order valence-corrected chi connectivity index (χ2v) is 4.23. The van der Waals surface area contributed by atoms with E-state index in [2.05, 4.69) is 6.92 Å². The van der Waals surface area contributed by atoms with Crippen LogP contribution < -0.4 is 0 Å². The van der Waals surface area contributed by atoms with Crippen molar-refractivity contribution < 1.29 is 15.0 Å². The van der Waals surface area contributed by atoms with Gasteiger partial charge in [-0.25, -0.2) is 4.79 Å². The lowest BCUT2D eigenvalue weighted by molar-refractivity contribution is -0.166. The van der Waals surface area contributed by atoms with E-state index >= 15 is 0 Å². The highest BCUT2D eigenvalue weighted by molar-refractivity contribution is 5.77. The molecule has 0 amide bonds. The summed E-state index contributed by atoms with van der Waals surface area (Å²) in [5.74, 6) is -1.18. The van der Waals surface area contributed by atoms with Crippen molar-refractivity contribution in [1.82, 2.24) is 0 Å². The Balaban J connectivity index is 4.61. The topological polar surface area (TPSA) is 57.5 Å². The molecule has 2 atom stereocenters. The van der Waals surface area contributed by atoms with Gasteiger partial charge in [-0.1, -0.05) is 40.0 Å². The molecule has 0 aliphatic carbocycles. The number of hydrogen-bond donors (Lipinski definition) is 2. The fraction of sp³-hybridized carbons (Fsp3) is 0.917. The molecule has 0 bridgehead atoms. The van der Waals surface area contributed by atoms with Gasteiger partial charge in [0, 0.05) is 0 Å². The predicted molar refractivity (Wildman–Crippen MR) is 60.8 cm³/mol. The number of unbranched alkanes of at least 4 members (excludes halogenated alkanes) is 1. The Morgan fingerprint density at radius 2 is 1.87 bits per heavy atom. The van der Waals surface area contributed by atoms with Crippen LogP contribution in [0.1, 0.15) is 59.3 Å². The zero-order valence-electron chi connectivity index (χ0n) is 10.1. The van der Waals surface area contributed by atoms with Crippen LogP contribution in [0, 0.1) is 5.92 Å². The lowest BCUT2D eigenvalue weighted by atomic mass is 9.79. The first kappa shape index (κ1) is 14.4. The molecule has 0 heterocycles. The Morgan fingerprint density at radius 1 is 1.27 bits per heavy atom. The minimum absolute atomic E-state index is 0.116. The van der Waals surface area contributed by atoms with E-state index in [0.717, 1.165) is 25.7 Å². The molecule has 0 radical (unpaired) electrons. The monoisotopic (exact) mass is 216 g/mol. The molecule has 3 nitrogen and oxygen atoms in total. The first-order chi connectivity index (χ1) is 7.02. The zero-order chi connectivity index (χ0) is 11.9. The standard InChI is InChI=1S/C12H24O3/c1-4-7-8-10(6-3)12(15,9-5-2)11(13)14/h10,15H,4-9H2,1-3H3,(H,13,14). The van der Waals surface area contributed by atoms with Crippen molar-refractivity contribution in [1.29, 1.82) is 0 Å². The minimum Gasteiger partial charge on any atom is -0.479 e. The van der Waals surface area contributed by atoms with Crippen LogP contribution in [-0.2, 0) is 4.79 Å². The summed E-state index contributed by atoms with van der Waals surface area (Å²) >= 11 is 0. The lowest BCUT2D eigenvalue weighted by Gasteiger charge is -2.31. The van der Waals surface area contributed by atoms with Crippen LogP contribution in [0.25, 0.3) is 0 Å². The largest absolute Gasteiger partial charge is 0.479 e. The Bertz CT molecular complexity index is 191. The molecule has 2 N–H and O–H groups in total. The quantitative estimate of drug-likeness (QED) is 0.656. The van der Waals surface area contributed by atoms with E-state index in [1.807, 2.05) is 13.8 Å². The smallest absolute Gasteiger partial charge is 0.335 e. The molecule has 0 aromatic carbocycles. The molecule has 2 unspecified atom stereocenters. The number of carbonyl (C=O) groups is 1. The Hall–Kier alpha value is -0.570. The van der Waals surface area contributed by atoms with Crippen molar-refractivity contribution in [3.63, 3.8) is 0 Å². The first-order valence-electron chi connectivity index (χ1n) is 5.98. The maximum absolute atomic E-state index is 11.1. The molecular weight excluding hydrogens is 192 g/mol. The minimum atomic E-state index is -1.52. The van der Waals surface area contributed by atoms with Crippen LogP contribution in [0.2, 0.25) is 0 Å². The van der Waals surface area contributed by atoms with E-state index in [-0.39, 0.29) is 5.92 Å². The van der Waals surface area contributed by atoms with Gasteiger partial charge in [-0.05, 0) is 25.2 Å². The average Bonchev–Trinajstić information content (AvgIpc) is 2.19. The summed E-state index contributed by atoms with van der Waals surface area (Å²) in [4.78, 5) is 11.1. The second kappa shape index (κ2) is 6.83. The summed E-state index contributed by atoms with van der Waals surface area (Å²) in [5, 5.41) is 19.3. The van der Waals surface area contributed by atoms with Crippen LogP contribution in [0.3, 0.4) is 0 Å². The maximum Gasteiger partial charge on any atom is 0.335 e. The van der Waals surface area contributed by atoms with Crippen molar-refractivity contribution >= 4 is 5.97 Å². The normalized spacial score (nSPS) is 17.1. The highest BCUT2D eigenvalue weighted by atomic mass is 16.4. The Morgan fingerprint density at radius 3 is 2.20 bits per heavy atom.